The number of ketones is 1. The summed E-state index contributed by atoms with van der Waals surface area (Å²) in [5.74, 6) is -0.000676. The number of hydrogen-bond donors (Lipinski definition) is 0. The van der Waals surface area contributed by atoms with Gasteiger partial charge in [-0.3, -0.25) is 14.2 Å². The minimum absolute atomic E-state index is 0.000676. The summed E-state index contributed by atoms with van der Waals surface area (Å²) in [5.41, 5.74) is 3.40. The summed E-state index contributed by atoms with van der Waals surface area (Å²) in [7, 11) is 0. The number of aromatic nitrogens is 3. The molecule has 0 radical (unpaired) electrons. The third-order valence-electron chi connectivity index (χ3n) is 4.63. The molecule has 138 valence electrons. The van der Waals surface area contributed by atoms with Crippen LogP contribution in [0.5, 0.6) is 0 Å². The molecule has 4 rings (SSSR count). The van der Waals surface area contributed by atoms with E-state index in [4.69, 9.17) is 0 Å². The molecule has 2 aromatic heterocycles. The number of pyridine rings is 1. The van der Waals surface area contributed by atoms with E-state index in [1.54, 1.807) is 59.7 Å². The molecule has 5 heteroatoms. The molecule has 0 aliphatic heterocycles. The van der Waals surface area contributed by atoms with Gasteiger partial charge in [-0.25, -0.2) is 4.98 Å². The van der Waals surface area contributed by atoms with E-state index in [0.717, 1.165) is 17.8 Å². The van der Waals surface area contributed by atoms with Crippen LogP contribution in [0, 0.1) is 0 Å². The monoisotopic (exact) mass is 369 g/mol. The van der Waals surface area contributed by atoms with Crippen LogP contribution < -0.4 is 5.56 Å². The quantitative estimate of drug-likeness (QED) is 0.489. The first-order chi connectivity index (χ1) is 13.7. The zero-order valence-electron chi connectivity index (χ0n) is 15.2. The van der Waals surface area contributed by atoms with Crippen LogP contribution in [0.3, 0.4) is 0 Å². The van der Waals surface area contributed by atoms with E-state index in [2.05, 4.69) is 17.1 Å². The Labute approximate surface area is 162 Å². The van der Waals surface area contributed by atoms with Gasteiger partial charge in [-0.15, -0.1) is 0 Å². The Kier molecular flexibility index (Phi) is 4.97. The van der Waals surface area contributed by atoms with Gasteiger partial charge in [0.05, 0.1) is 12.9 Å². The Bertz CT molecular complexity index is 1140. The average molecular weight is 369 g/mol. The van der Waals surface area contributed by atoms with Gasteiger partial charge in [0, 0.05) is 41.8 Å². The highest BCUT2D eigenvalue weighted by atomic mass is 16.1. The van der Waals surface area contributed by atoms with Gasteiger partial charge in [0.1, 0.15) is 0 Å². The fourth-order valence-electron chi connectivity index (χ4n) is 3.14. The molecule has 0 aliphatic rings. The second-order valence-electron chi connectivity index (χ2n) is 6.55. The smallest absolute Gasteiger partial charge is 0.255 e. The lowest BCUT2D eigenvalue weighted by Gasteiger charge is -2.09. The van der Waals surface area contributed by atoms with E-state index >= 15 is 0 Å². The summed E-state index contributed by atoms with van der Waals surface area (Å²) in [6.07, 6.45) is 5.92. The van der Waals surface area contributed by atoms with Crippen molar-refractivity contribution in [2.45, 2.75) is 13.0 Å². The van der Waals surface area contributed by atoms with Crippen molar-refractivity contribution >= 4 is 5.78 Å². The van der Waals surface area contributed by atoms with E-state index < -0.39 is 0 Å². The van der Waals surface area contributed by atoms with Crippen molar-refractivity contribution in [1.82, 2.24) is 14.1 Å². The predicted octanol–water partition coefficient (Wildman–Crippen LogP) is 3.51. The summed E-state index contributed by atoms with van der Waals surface area (Å²) in [4.78, 5) is 28.8. The maximum Gasteiger partial charge on any atom is 0.255 e. The molecule has 28 heavy (non-hydrogen) atoms. The van der Waals surface area contributed by atoms with Crippen LogP contribution in [0.1, 0.15) is 21.6 Å². The first-order valence-corrected chi connectivity index (χ1v) is 9.05. The molecular weight excluding hydrogens is 350 g/mol. The van der Waals surface area contributed by atoms with Gasteiger partial charge in [-0.1, -0.05) is 36.4 Å². The van der Waals surface area contributed by atoms with E-state index in [-0.39, 0.29) is 17.9 Å². The second-order valence-corrected chi connectivity index (χ2v) is 6.55. The predicted molar refractivity (Wildman–Crippen MR) is 108 cm³/mol. The highest BCUT2D eigenvalue weighted by Crippen LogP contribution is 2.12. The number of imidazole rings is 1. The van der Waals surface area contributed by atoms with E-state index in [9.17, 15) is 9.59 Å². The summed E-state index contributed by atoms with van der Waals surface area (Å²) >= 11 is 0. The third kappa shape index (κ3) is 3.83. The van der Waals surface area contributed by atoms with Crippen LogP contribution in [-0.2, 0) is 13.0 Å². The number of carbonyl (C=O) groups is 1. The molecule has 0 aliphatic carbocycles. The Morgan fingerprint density at radius 3 is 2.39 bits per heavy atom. The third-order valence-corrected chi connectivity index (χ3v) is 4.63. The van der Waals surface area contributed by atoms with Gasteiger partial charge >= 0.3 is 0 Å². The fraction of sp³-hybridized carbons (Fsp3) is 0.0870. The van der Waals surface area contributed by atoms with Crippen LogP contribution in [-0.4, -0.2) is 19.9 Å². The largest absolute Gasteiger partial charge is 0.326 e. The summed E-state index contributed by atoms with van der Waals surface area (Å²) in [6, 6.07) is 22.2. The molecule has 0 N–H and O–H groups in total. The number of benzene rings is 2. The van der Waals surface area contributed by atoms with Crippen LogP contribution in [0.15, 0.2) is 96.3 Å². The topological polar surface area (TPSA) is 56.9 Å². The molecule has 0 amide bonds. The molecule has 2 aromatic carbocycles. The molecule has 0 fully saturated rings. The average Bonchev–Trinajstić information content (AvgIpc) is 3.16. The summed E-state index contributed by atoms with van der Waals surface area (Å²) in [6.45, 7) is 0.229. The second kappa shape index (κ2) is 7.88. The lowest BCUT2D eigenvalue weighted by Crippen LogP contribution is -2.16. The zero-order valence-corrected chi connectivity index (χ0v) is 15.2. The van der Waals surface area contributed by atoms with Crippen LogP contribution in [0.25, 0.3) is 5.69 Å². The van der Waals surface area contributed by atoms with Crippen LogP contribution >= 0.6 is 0 Å². The van der Waals surface area contributed by atoms with Gasteiger partial charge < -0.3 is 4.57 Å². The number of nitrogens with zero attached hydrogens (tertiary/aromatic N) is 3. The van der Waals surface area contributed by atoms with Crippen molar-refractivity contribution in [3.63, 3.8) is 0 Å². The molecule has 0 saturated heterocycles. The SMILES string of the molecule is O=C(Cn1cncc1Cc1ccccc1)c1ccc(-n2ccccc2=O)cc1. The molecule has 2 heterocycles. The van der Waals surface area contributed by atoms with Gasteiger partial charge in [-0.05, 0) is 35.9 Å². The van der Waals surface area contributed by atoms with E-state index in [1.165, 1.54) is 11.6 Å². The minimum Gasteiger partial charge on any atom is -0.326 e. The molecule has 0 spiro atoms. The van der Waals surface area contributed by atoms with E-state index in [0.29, 0.717) is 5.56 Å². The van der Waals surface area contributed by atoms with Gasteiger partial charge in [-0.2, -0.15) is 0 Å². The number of Topliss-reactive ketones (excluding diaryl/α,β-unsaturated/α-hetero) is 1. The fourth-order valence-corrected chi connectivity index (χ4v) is 3.14. The number of hydrogen-bond acceptors (Lipinski definition) is 3. The summed E-state index contributed by atoms with van der Waals surface area (Å²) < 4.78 is 3.42. The highest BCUT2D eigenvalue weighted by Gasteiger charge is 2.11. The molecule has 0 bridgehead atoms. The van der Waals surface area contributed by atoms with E-state index in [1.807, 2.05) is 22.8 Å². The Balaban J connectivity index is 1.50. The molecule has 0 unspecified atom stereocenters. The standard InChI is InChI=1S/C23H19N3O2/c27-22(16-25-17-24-15-21(25)14-18-6-2-1-3-7-18)19-9-11-20(12-10-19)26-13-5-4-8-23(26)28/h1-13,15,17H,14,16H2. The van der Waals surface area contributed by atoms with Crippen molar-refractivity contribution in [1.29, 1.82) is 0 Å². The first-order valence-electron chi connectivity index (χ1n) is 9.05. The highest BCUT2D eigenvalue weighted by molar-refractivity contribution is 5.96. The van der Waals surface area contributed by atoms with Gasteiger partial charge in [0.15, 0.2) is 5.78 Å². The molecular formula is C23H19N3O2. The summed E-state index contributed by atoms with van der Waals surface area (Å²) in [5, 5.41) is 0. The first kappa shape index (κ1) is 17.7. The zero-order chi connectivity index (χ0) is 19.3. The Hall–Kier alpha value is -3.73. The van der Waals surface area contributed by atoms with Crippen LogP contribution in [0.4, 0.5) is 0 Å². The lowest BCUT2D eigenvalue weighted by atomic mass is 10.1. The number of rotatable bonds is 6. The molecule has 0 atom stereocenters. The normalized spacial score (nSPS) is 10.7. The van der Waals surface area contributed by atoms with Crippen molar-refractivity contribution in [2.75, 3.05) is 0 Å². The molecule has 4 aromatic rings. The van der Waals surface area contributed by atoms with Crippen molar-refractivity contribution in [3.8, 4) is 5.69 Å². The van der Waals surface area contributed by atoms with Crippen molar-refractivity contribution in [2.24, 2.45) is 0 Å². The maximum atomic E-state index is 12.7. The van der Waals surface area contributed by atoms with Crippen molar-refractivity contribution < 1.29 is 4.79 Å². The van der Waals surface area contributed by atoms with Gasteiger partial charge in [0.2, 0.25) is 0 Å². The molecule has 0 saturated carbocycles. The lowest BCUT2D eigenvalue weighted by molar-refractivity contribution is 0.0971. The maximum absolute atomic E-state index is 12.7. The Morgan fingerprint density at radius 1 is 0.893 bits per heavy atom. The minimum atomic E-state index is -0.106. The van der Waals surface area contributed by atoms with Crippen molar-refractivity contribution in [3.05, 3.63) is 119 Å². The van der Waals surface area contributed by atoms with Crippen LogP contribution in [0.2, 0.25) is 0 Å². The Morgan fingerprint density at radius 2 is 1.64 bits per heavy atom. The number of carbonyl (C=O) groups excluding carboxylic acids is 1. The van der Waals surface area contributed by atoms with Gasteiger partial charge in [0.25, 0.3) is 5.56 Å². The molecule has 5 nitrogen and oxygen atoms in total.